The molecule has 284 valence electrons. The second-order valence-corrected chi connectivity index (χ2v) is 16.1. The smallest absolute Gasteiger partial charge is 0.0885 e. The molecular formula is C59H38N2. The van der Waals surface area contributed by atoms with Crippen LogP contribution in [-0.2, 0) is 0 Å². The molecule has 0 unspecified atom stereocenters. The van der Waals surface area contributed by atoms with E-state index >= 15 is 0 Å². The number of fused-ring (bicyclic) bond motifs is 8. The average Bonchev–Trinajstić information content (AvgIpc) is 3.33. The summed E-state index contributed by atoms with van der Waals surface area (Å²) in [5.74, 6) is 0. The first-order chi connectivity index (χ1) is 30.2. The molecule has 12 aromatic rings. The molecule has 1 aromatic heterocycles. The fourth-order valence-electron chi connectivity index (χ4n) is 9.85. The van der Waals surface area contributed by atoms with Crippen molar-refractivity contribution in [2.24, 2.45) is 0 Å². The van der Waals surface area contributed by atoms with Crippen LogP contribution in [0.1, 0.15) is 5.56 Å². The van der Waals surface area contributed by atoms with Crippen LogP contribution in [0.25, 0.3) is 121 Å². The van der Waals surface area contributed by atoms with Crippen molar-refractivity contribution in [3.8, 4) is 55.9 Å². The van der Waals surface area contributed by atoms with Gasteiger partial charge in [-0.1, -0.05) is 194 Å². The number of hydrogen-bond acceptors (Lipinski definition) is 2. The minimum absolute atomic E-state index is 0.855. The molecule has 0 aliphatic heterocycles. The first-order valence-corrected chi connectivity index (χ1v) is 21.0. The van der Waals surface area contributed by atoms with Crippen molar-refractivity contribution in [2.45, 2.75) is 6.92 Å². The molecule has 2 heteroatoms. The third-order valence-corrected chi connectivity index (χ3v) is 12.7. The number of hydrogen-bond donors (Lipinski definition) is 0. The topological polar surface area (TPSA) is 25.8 Å². The molecular weight excluding hydrogens is 737 g/mol. The minimum Gasteiger partial charge on any atom is -0.252 e. The summed E-state index contributed by atoms with van der Waals surface area (Å²) in [6, 6.07) is 73.2. The lowest BCUT2D eigenvalue weighted by molar-refractivity contribution is 1.21. The molecule has 2 nitrogen and oxygen atoms in total. The maximum atomic E-state index is 4.79. The third kappa shape index (κ3) is 5.72. The fraction of sp³-hybridized carbons (Fsp3) is 0.0169. The van der Waals surface area contributed by atoms with E-state index in [9.17, 15) is 0 Å². The van der Waals surface area contributed by atoms with E-state index in [1.807, 2.05) is 30.6 Å². The number of nitrogens with zero attached hydrogens (tertiary/aromatic N) is 2. The Morgan fingerprint density at radius 3 is 1.36 bits per heavy atom. The SMILES string of the molecule is Cc1cccc2ccc3cccc(-c4cccc5ccc6cc(-c7c8ccccc8c(-c8ccc(-c9cnc(-c%10ccccc%10)cn9)cc8)c8ccccc78)ccc6c45)c3c12. The largest absolute Gasteiger partial charge is 0.252 e. The van der Waals surface area contributed by atoms with Crippen LogP contribution in [0.3, 0.4) is 0 Å². The molecule has 0 aliphatic carbocycles. The lowest BCUT2D eigenvalue weighted by atomic mass is 9.84. The maximum absolute atomic E-state index is 4.79. The van der Waals surface area contributed by atoms with Crippen LogP contribution in [0.4, 0.5) is 0 Å². The number of aromatic nitrogens is 2. The fourth-order valence-corrected chi connectivity index (χ4v) is 9.85. The first kappa shape index (κ1) is 35.0. The van der Waals surface area contributed by atoms with Gasteiger partial charge in [0.05, 0.1) is 23.8 Å². The molecule has 0 atom stereocenters. The average molecular weight is 775 g/mol. The molecule has 61 heavy (non-hydrogen) atoms. The Balaban J connectivity index is 1.00. The summed E-state index contributed by atoms with van der Waals surface area (Å²) in [5.41, 5.74) is 12.5. The normalized spacial score (nSPS) is 11.7. The van der Waals surface area contributed by atoms with Gasteiger partial charge in [-0.25, -0.2) is 0 Å². The quantitative estimate of drug-likeness (QED) is 0.129. The highest BCUT2D eigenvalue weighted by atomic mass is 14.8. The van der Waals surface area contributed by atoms with Crippen LogP contribution in [0.2, 0.25) is 0 Å². The summed E-state index contributed by atoms with van der Waals surface area (Å²) in [4.78, 5) is 9.53. The zero-order valence-electron chi connectivity index (χ0n) is 33.6. The van der Waals surface area contributed by atoms with Crippen LogP contribution in [0, 0.1) is 6.92 Å². The van der Waals surface area contributed by atoms with Crippen LogP contribution in [0.15, 0.2) is 213 Å². The van der Waals surface area contributed by atoms with Crippen LogP contribution in [-0.4, -0.2) is 9.97 Å². The first-order valence-electron chi connectivity index (χ1n) is 21.0. The van der Waals surface area contributed by atoms with Gasteiger partial charge in [0.15, 0.2) is 0 Å². The van der Waals surface area contributed by atoms with Gasteiger partial charge in [-0.05, 0) is 117 Å². The van der Waals surface area contributed by atoms with Gasteiger partial charge in [0.1, 0.15) is 0 Å². The number of rotatable bonds is 5. The van der Waals surface area contributed by atoms with Gasteiger partial charge >= 0.3 is 0 Å². The van der Waals surface area contributed by atoms with E-state index in [1.54, 1.807) is 0 Å². The van der Waals surface area contributed by atoms with Crippen molar-refractivity contribution < 1.29 is 0 Å². The van der Waals surface area contributed by atoms with Crippen molar-refractivity contribution in [3.05, 3.63) is 218 Å². The number of benzene rings is 11. The predicted molar refractivity (Wildman–Crippen MR) is 259 cm³/mol. The molecule has 0 amide bonds. The molecule has 0 spiro atoms. The van der Waals surface area contributed by atoms with E-state index < -0.39 is 0 Å². The summed E-state index contributed by atoms with van der Waals surface area (Å²) >= 11 is 0. The predicted octanol–water partition coefficient (Wildman–Crippen LogP) is 16.0. The summed E-state index contributed by atoms with van der Waals surface area (Å²) < 4.78 is 0. The Morgan fingerprint density at radius 2 is 0.754 bits per heavy atom. The zero-order chi connectivity index (χ0) is 40.4. The molecule has 0 bridgehead atoms. The summed E-state index contributed by atoms with van der Waals surface area (Å²) in [6.45, 7) is 2.23. The van der Waals surface area contributed by atoms with Crippen LogP contribution < -0.4 is 0 Å². The van der Waals surface area contributed by atoms with Crippen molar-refractivity contribution in [1.29, 1.82) is 0 Å². The molecule has 0 saturated carbocycles. The Hall–Kier alpha value is -7.94. The lowest BCUT2D eigenvalue weighted by Crippen LogP contribution is -1.92. The van der Waals surface area contributed by atoms with Crippen molar-refractivity contribution >= 4 is 64.6 Å². The van der Waals surface area contributed by atoms with Gasteiger partial charge in [0.25, 0.3) is 0 Å². The van der Waals surface area contributed by atoms with Gasteiger partial charge in [0, 0.05) is 11.1 Å². The Bertz CT molecular complexity index is 3620. The van der Waals surface area contributed by atoms with Crippen LogP contribution in [0.5, 0.6) is 0 Å². The lowest BCUT2D eigenvalue weighted by Gasteiger charge is -2.19. The minimum atomic E-state index is 0.855. The molecule has 0 fully saturated rings. The standard InChI is InChI=1S/C59H38N2/c1-37-12-9-15-40-28-29-42-17-11-23-52(59(42)55(37)40)51-22-10-16-41-30-31-44-34-45(32-33-46(44)56(41)51)58-49-20-7-5-18-47(49)57(48-19-6-8-21-50(48)58)43-26-24-39(25-27-43)54-36-60-53(35-61-54)38-13-3-2-4-14-38/h2-36H,1H3. The van der Waals surface area contributed by atoms with Gasteiger partial charge in [-0.2, -0.15) is 0 Å². The van der Waals surface area contributed by atoms with E-state index in [0.717, 1.165) is 22.5 Å². The van der Waals surface area contributed by atoms with Gasteiger partial charge in [-0.15, -0.1) is 0 Å². The van der Waals surface area contributed by atoms with E-state index in [0.29, 0.717) is 0 Å². The molecule has 1 heterocycles. The number of aryl methyl sites for hydroxylation is 1. The Kier molecular flexibility index (Phi) is 8.11. The molecule has 0 saturated heterocycles. The van der Waals surface area contributed by atoms with Crippen molar-refractivity contribution in [3.63, 3.8) is 0 Å². The van der Waals surface area contributed by atoms with E-state index in [4.69, 9.17) is 9.97 Å². The molecule has 0 N–H and O–H groups in total. The third-order valence-electron chi connectivity index (χ3n) is 12.7. The highest BCUT2D eigenvalue weighted by molar-refractivity contribution is 6.24. The summed E-state index contributed by atoms with van der Waals surface area (Å²) in [7, 11) is 0. The van der Waals surface area contributed by atoms with Gasteiger partial charge < -0.3 is 0 Å². The molecule has 11 aromatic carbocycles. The molecule has 0 radical (unpaired) electrons. The summed E-state index contributed by atoms with van der Waals surface area (Å²) in [6.07, 6.45) is 3.73. The van der Waals surface area contributed by atoms with E-state index in [-0.39, 0.29) is 0 Å². The Labute approximate surface area is 354 Å². The zero-order valence-corrected chi connectivity index (χ0v) is 33.6. The maximum Gasteiger partial charge on any atom is 0.0885 e. The van der Waals surface area contributed by atoms with Gasteiger partial charge in [0.2, 0.25) is 0 Å². The highest BCUT2D eigenvalue weighted by Crippen LogP contribution is 2.46. The second-order valence-electron chi connectivity index (χ2n) is 16.1. The molecule has 0 aliphatic rings. The highest BCUT2D eigenvalue weighted by Gasteiger charge is 2.19. The second kappa shape index (κ2) is 14.1. The van der Waals surface area contributed by atoms with Crippen molar-refractivity contribution in [2.75, 3.05) is 0 Å². The van der Waals surface area contributed by atoms with E-state index in [2.05, 4.69) is 189 Å². The van der Waals surface area contributed by atoms with Crippen molar-refractivity contribution in [1.82, 2.24) is 9.97 Å². The monoisotopic (exact) mass is 774 g/mol. The van der Waals surface area contributed by atoms with Crippen LogP contribution >= 0.6 is 0 Å². The summed E-state index contributed by atoms with van der Waals surface area (Å²) in [5, 5.41) is 15.1. The molecule has 12 rings (SSSR count). The van der Waals surface area contributed by atoms with Gasteiger partial charge in [-0.3, -0.25) is 9.97 Å². The Morgan fingerprint density at radius 1 is 0.295 bits per heavy atom. The van der Waals surface area contributed by atoms with E-state index in [1.165, 1.54) is 104 Å².